The van der Waals surface area contributed by atoms with Crippen LogP contribution in [0.4, 0.5) is 5.82 Å². The molecule has 7 nitrogen and oxygen atoms in total. The van der Waals surface area contributed by atoms with E-state index >= 15 is 0 Å². The molecule has 8 heteroatoms. The Morgan fingerprint density at radius 3 is 2.41 bits per heavy atom. The van der Waals surface area contributed by atoms with E-state index in [1.165, 1.54) is 4.90 Å². The molecule has 1 saturated carbocycles. The molecular weight excluding hydrogens is 371 g/mol. The molecule has 0 N–H and O–H groups in total. The Labute approximate surface area is 171 Å². The van der Waals surface area contributed by atoms with E-state index in [1.54, 1.807) is 19.2 Å². The van der Waals surface area contributed by atoms with Gasteiger partial charge in [0.25, 0.3) is 5.91 Å². The van der Waals surface area contributed by atoms with Gasteiger partial charge in [0, 0.05) is 11.8 Å². The molecule has 1 saturated heterocycles. The van der Waals surface area contributed by atoms with Crippen LogP contribution in [0.15, 0.2) is 29.5 Å². The van der Waals surface area contributed by atoms with Crippen molar-refractivity contribution in [2.45, 2.75) is 71.8 Å². The minimum absolute atomic E-state index is 0.0512. The van der Waals surface area contributed by atoms with Gasteiger partial charge in [-0.05, 0) is 77.6 Å². The normalized spacial score (nSPS) is 25.7. The molecule has 0 bridgehead atoms. The number of esters is 1. The van der Waals surface area contributed by atoms with Crippen molar-refractivity contribution < 1.29 is 23.6 Å². The molecule has 29 heavy (non-hydrogen) atoms. The first kappa shape index (κ1) is 20.1. The molecule has 2 fully saturated rings. The zero-order valence-electron chi connectivity index (χ0n) is 17.8. The number of rotatable bonds is 4. The number of carbonyl (C=O) groups excluding carboxylic acids is 2. The molecule has 0 radical (unpaired) electrons. The summed E-state index contributed by atoms with van der Waals surface area (Å²) in [5, 5.41) is 0. The lowest BCUT2D eigenvalue weighted by molar-refractivity contribution is -0.149. The molecule has 1 amide bonds. The van der Waals surface area contributed by atoms with Crippen molar-refractivity contribution in [1.29, 1.82) is 0 Å². The quantitative estimate of drug-likeness (QED) is 0.573. The van der Waals surface area contributed by atoms with Gasteiger partial charge >= 0.3 is 13.1 Å². The number of aromatic nitrogens is 1. The predicted octanol–water partition coefficient (Wildman–Crippen LogP) is 2.34. The summed E-state index contributed by atoms with van der Waals surface area (Å²) in [4.78, 5) is 31.0. The van der Waals surface area contributed by atoms with Gasteiger partial charge in [0.15, 0.2) is 0 Å². The Kier molecular flexibility index (Phi) is 4.62. The van der Waals surface area contributed by atoms with Gasteiger partial charge in [0.05, 0.1) is 17.1 Å². The van der Waals surface area contributed by atoms with Gasteiger partial charge in [-0.3, -0.25) is 14.5 Å². The molecule has 0 spiro atoms. The summed E-state index contributed by atoms with van der Waals surface area (Å²) in [6.45, 7) is 11.5. The first-order valence-electron chi connectivity index (χ1n) is 10.0. The van der Waals surface area contributed by atoms with E-state index in [2.05, 4.69) is 4.98 Å². The molecule has 4 rings (SSSR count). The Balaban J connectivity index is 1.63. The highest BCUT2D eigenvalue weighted by molar-refractivity contribution is 6.62. The highest BCUT2D eigenvalue weighted by Crippen LogP contribution is 2.37. The van der Waals surface area contributed by atoms with Crippen LogP contribution in [0, 0.1) is 5.92 Å². The minimum Gasteiger partial charge on any atom is -0.437 e. The van der Waals surface area contributed by atoms with E-state index in [0.29, 0.717) is 11.4 Å². The maximum Gasteiger partial charge on any atom is 0.495 e. The second-order valence-corrected chi connectivity index (χ2v) is 9.08. The lowest BCUT2D eigenvalue weighted by Crippen LogP contribution is -2.41. The third kappa shape index (κ3) is 3.38. The standard InChI is InChI=1S/C21H27BN2O5/c1-12-13(2)18(27-19(26)14-7-8-14)24(17(12)25)16-11-15(9-10-23-16)22-28-20(3,4)21(5,6)29-22/h9-11,14,18H,7-8H2,1-6H3. The minimum atomic E-state index is -0.767. The van der Waals surface area contributed by atoms with E-state index in [9.17, 15) is 9.59 Å². The second kappa shape index (κ2) is 6.67. The maximum absolute atomic E-state index is 12.9. The van der Waals surface area contributed by atoms with E-state index in [0.717, 1.165) is 23.9 Å². The Morgan fingerprint density at radius 1 is 1.21 bits per heavy atom. The van der Waals surface area contributed by atoms with Gasteiger partial charge in [-0.25, -0.2) is 4.98 Å². The van der Waals surface area contributed by atoms with Crippen LogP contribution in [0.5, 0.6) is 0 Å². The third-order valence-corrected chi connectivity index (χ3v) is 6.42. The second-order valence-electron chi connectivity index (χ2n) is 9.08. The number of hydrogen-bond acceptors (Lipinski definition) is 6. The molecule has 1 aromatic rings. The summed E-state index contributed by atoms with van der Waals surface area (Å²) < 4.78 is 17.9. The Hall–Kier alpha value is -2.19. The van der Waals surface area contributed by atoms with Crippen molar-refractivity contribution in [3.05, 3.63) is 29.5 Å². The van der Waals surface area contributed by atoms with Crippen molar-refractivity contribution in [1.82, 2.24) is 4.98 Å². The first-order valence-corrected chi connectivity index (χ1v) is 10.0. The third-order valence-electron chi connectivity index (χ3n) is 6.42. The zero-order chi connectivity index (χ0) is 21.1. The van der Waals surface area contributed by atoms with Gasteiger partial charge in [0.1, 0.15) is 5.82 Å². The van der Waals surface area contributed by atoms with Crippen LogP contribution < -0.4 is 10.4 Å². The van der Waals surface area contributed by atoms with Crippen molar-refractivity contribution in [3.63, 3.8) is 0 Å². The molecule has 154 valence electrons. The molecule has 1 unspecified atom stereocenters. The molecule has 3 aliphatic rings. The fourth-order valence-corrected chi connectivity index (χ4v) is 3.42. The predicted molar refractivity (Wildman–Crippen MR) is 108 cm³/mol. The summed E-state index contributed by atoms with van der Waals surface area (Å²) in [5.74, 6) is -0.115. The van der Waals surface area contributed by atoms with Gasteiger partial charge < -0.3 is 14.0 Å². The summed E-state index contributed by atoms with van der Waals surface area (Å²) in [5.41, 5.74) is 1.12. The Morgan fingerprint density at radius 2 is 1.83 bits per heavy atom. The van der Waals surface area contributed by atoms with Crippen LogP contribution in [0.1, 0.15) is 54.4 Å². The molecule has 1 atom stereocenters. The average molecular weight is 398 g/mol. The van der Waals surface area contributed by atoms with E-state index < -0.39 is 24.5 Å². The summed E-state index contributed by atoms with van der Waals surface area (Å²) in [6.07, 6.45) is 2.54. The SMILES string of the molecule is CC1=C(C)C(OC(=O)C2CC2)N(c2cc(B3OC(C)(C)C(C)(C)O3)ccn2)C1=O. The van der Waals surface area contributed by atoms with Crippen LogP contribution in [0.3, 0.4) is 0 Å². The number of hydrogen-bond donors (Lipinski definition) is 0. The summed E-state index contributed by atoms with van der Waals surface area (Å²) in [6, 6.07) is 3.58. The number of carbonyl (C=O) groups is 2. The lowest BCUT2D eigenvalue weighted by Gasteiger charge is -2.32. The lowest BCUT2D eigenvalue weighted by atomic mass is 9.79. The van der Waals surface area contributed by atoms with Crippen LogP contribution >= 0.6 is 0 Å². The highest BCUT2D eigenvalue weighted by Gasteiger charge is 2.52. The molecule has 2 aliphatic heterocycles. The summed E-state index contributed by atoms with van der Waals surface area (Å²) in [7, 11) is -0.568. The number of ether oxygens (including phenoxy) is 1. The number of pyridine rings is 1. The van der Waals surface area contributed by atoms with E-state index in [1.807, 2.05) is 40.7 Å². The van der Waals surface area contributed by atoms with Gasteiger partial charge in [0.2, 0.25) is 6.23 Å². The van der Waals surface area contributed by atoms with E-state index in [-0.39, 0.29) is 17.8 Å². The maximum atomic E-state index is 12.9. The monoisotopic (exact) mass is 398 g/mol. The number of anilines is 1. The largest absolute Gasteiger partial charge is 0.495 e. The van der Waals surface area contributed by atoms with Crippen molar-refractivity contribution in [2.24, 2.45) is 5.92 Å². The average Bonchev–Trinajstić information content (AvgIpc) is 3.44. The smallest absolute Gasteiger partial charge is 0.437 e. The fourth-order valence-electron chi connectivity index (χ4n) is 3.42. The number of nitrogens with zero attached hydrogens (tertiary/aromatic N) is 2. The molecular formula is C21H27BN2O5. The Bertz CT molecular complexity index is 890. The van der Waals surface area contributed by atoms with Crippen LogP contribution in [-0.2, 0) is 23.6 Å². The van der Waals surface area contributed by atoms with Gasteiger partial charge in [-0.15, -0.1) is 0 Å². The van der Waals surface area contributed by atoms with E-state index in [4.69, 9.17) is 14.0 Å². The molecule has 1 aliphatic carbocycles. The van der Waals surface area contributed by atoms with Crippen LogP contribution in [0.25, 0.3) is 0 Å². The molecule has 3 heterocycles. The van der Waals surface area contributed by atoms with Crippen molar-refractivity contribution in [2.75, 3.05) is 4.90 Å². The molecule has 0 aromatic carbocycles. The molecule has 1 aromatic heterocycles. The highest BCUT2D eigenvalue weighted by atomic mass is 16.7. The fraction of sp³-hybridized carbons (Fsp3) is 0.571. The first-order chi connectivity index (χ1) is 13.5. The van der Waals surface area contributed by atoms with Crippen molar-refractivity contribution in [3.8, 4) is 0 Å². The van der Waals surface area contributed by atoms with Gasteiger partial charge in [-0.1, -0.05) is 0 Å². The number of amides is 1. The zero-order valence-corrected chi connectivity index (χ0v) is 17.8. The van der Waals surface area contributed by atoms with Crippen molar-refractivity contribution >= 4 is 30.3 Å². The van der Waals surface area contributed by atoms with Crippen LogP contribution in [0.2, 0.25) is 0 Å². The summed E-state index contributed by atoms with van der Waals surface area (Å²) >= 11 is 0. The van der Waals surface area contributed by atoms with Gasteiger partial charge in [-0.2, -0.15) is 0 Å². The van der Waals surface area contributed by atoms with Crippen LogP contribution in [-0.4, -0.2) is 41.4 Å². The topological polar surface area (TPSA) is 78.0 Å².